The number of amides is 2. The minimum Gasteiger partial charge on any atom is -0.369 e. The lowest BCUT2D eigenvalue weighted by atomic mass is 10.1. The maximum Gasteiger partial charge on any atom is 0.322 e. The van der Waals surface area contributed by atoms with Gasteiger partial charge in [0.2, 0.25) is 0 Å². The number of fused-ring (bicyclic) bond motifs is 1. The standard InChI is InChI=1S/C18H21ClFN5O/c19-14-10-13(4-5-15(14)20)22-18(26)24-8-9-25-17(12-24)16(11-21-25)23-6-2-1-3-7-23/h4-5,10-11H,1-3,6-9,12H2,(H,22,26). The minimum atomic E-state index is -0.502. The van der Waals surface area contributed by atoms with Crippen LogP contribution in [0.25, 0.3) is 0 Å². The first kappa shape index (κ1) is 17.1. The van der Waals surface area contributed by atoms with Crippen molar-refractivity contribution >= 4 is 29.0 Å². The fourth-order valence-corrected chi connectivity index (χ4v) is 3.76. The van der Waals surface area contributed by atoms with Gasteiger partial charge < -0.3 is 15.1 Å². The van der Waals surface area contributed by atoms with Crippen molar-refractivity contribution in [2.24, 2.45) is 0 Å². The molecule has 0 unspecified atom stereocenters. The summed E-state index contributed by atoms with van der Waals surface area (Å²) in [5, 5.41) is 7.28. The molecule has 2 aliphatic rings. The first-order chi connectivity index (χ1) is 12.6. The van der Waals surface area contributed by atoms with Crippen LogP contribution in [0.2, 0.25) is 5.02 Å². The molecule has 2 amide bonds. The molecule has 6 nitrogen and oxygen atoms in total. The molecule has 4 rings (SSSR count). The number of nitrogens with one attached hydrogen (secondary N) is 1. The maximum atomic E-state index is 13.3. The zero-order valence-corrected chi connectivity index (χ0v) is 15.2. The highest BCUT2D eigenvalue weighted by molar-refractivity contribution is 6.31. The Labute approximate surface area is 156 Å². The number of carbonyl (C=O) groups excluding carboxylic acids is 1. The van der Waals surface area contributed by atoms with Crippen molar-refractivity contribution in [2.45, 2.75) is 32.4 Å². The highest BCUT2D eigenvalue weighted by atomic mass is 35.5. The van der Waals surface area contributed by atoms with Gasteiger partial charge >= 0.3 is 6.03 Å². The SMILES string of the molecule is O=C(Nc1ccc(F)c(Cl)c1)N1CCn2ncc(N3CCCCC3)c2C1. The summed E-state index contributed by atoms with van der Waals surface area (Å²) in [7, 11) is 0. The van der Waals surface area contributed by atoms with Gasteiger partial charge in [-0.25, -0.2) is 9.18 Å². The van der Waals surface area contributed by atoms with Gasteiger partial charge in [-0.2, -0.15) is 5.10 Å². The average molecular weight is 378 g/mol. The van der Waals surface area contributed by atoms with E-state index in [9.17, 15) is 9.18 Å². The van der Waals surface area contributed by atoms with E-state index in [0.717, 1.165) is 24.5 Å². The fraction of sp³-hybridized carbons (Fsp3) is 0.444. The molecule has 0 aliphatic carbocycles. The zero-order valence-electron chi connectivity index (χ0n) is 14.4. The third-order valence-corrected chi connectivity index (χ3v) is 5.29. The van der Waals surface area contributed by atoms with Gasteiger partial charge in [0.15, 0.2) is 0 Å². The van der Waals surface area contributed by atoms with Crippen molar-refractivity contribution in [3.63, 3.8) is 0 Å². The van der Waals surface area contributed by atoms with Gasteiger partial charge in [-0.3, -0.25) is 4.68 Å². The molecule has 0 spiro atoms. The van der Waals surface area contributed by atoms with Crippen LogP contribution in [0, 0.1) is 5.82 Å². The summed E-state index contributed by atoms with van der Waals surface area (Å²) in [4.78, 5) is 16.7. The molecule has 1 aromatic carbocycles. The summed E-state index contributed by atoms with van der Waals surface area (Å²) in [5.41, 5.74) is 2.69. The Morgan fingerprint density at radius 3 is 2.73 bits per heavy atom. The molecular formula is C18H21ClFN5O. The molecule has 1 saturated heterocycles. The highest BCUT2D eigenvalue weighted by Gasteiger charge is 2.26. The molecule has 2 aromatic rings. The largest absolute Gasteiger partial charge is 0.369 e. The van der Waals surface area contributed by atoms with E-state index in [2.05, 4.69) is 15.3 Å². The molecule has 0 radical (unpaired) electrons. The van der Waals surface area contributed by atoms with Crippen molar-refractivity contribution in [1.82, 2.24) is 14.7 Å². The summed E-state index contributed by atoms with van der Waals surface area (Å²) < 4.78 is 15.3. The first-order valence-electron chi connectivity index (χ1n) is 8.92. The lowest BCUT2D eigenvalue weighted by Gasteiger charge is -2.32. The molecule has 1 aromatic heterocycles. The number of nitrogens with zero attached hydrogens (tertiary/aromatic N) is 4. The quantitative estimate of drug-likeness (QED) is 0.867. The van der Waals surface area contributed by atoms with Crippen LogP contribution in [0.1, 0.15) is 25.0 Å². The Bertz CT molecular complexity index is 818. The summed E-state index contributed by atoms with van der Waals surface area (Å²) in [6.07, 6.45) is 5.58. The predicted molar refractivity (Wildman–Crippen MR) is 99.1 cm³/mol. The normalized spacial score (nSPS) is 17.2. The van der Waals surface area contributed by atoms with Crippen LogP contribution in [0.4, 0.5) is 20.6 Å². The van der Waals surface area contributed by atoms with Crippen LogP contribution < -0.4 is 10.2 Å². The molecule has 2 aliphatic heterocycles. The number of piperidine rings is 1. The molecule has 1 N–H and O–H groups in total. The molecule has 138 valence electrons. The summed E-state index contributed by atoms with van der Waals surface area (Å²) in [6.45, 7) is 3.83. The summed E-state index contributed by atoms with van der Waals surface area (Å²) in [5.74, 6) is -0.502. The van der Waals surface area contributed by atoms with Gasteiger partial charge in [0.05, 0.1) is 35.7 Å². The van der Waals surface area contributed by atoms with Crippen LogP contribution in [0.5, 0.6) is 0 Å². The van der Waals surface area contributed by atoms with Gasteiger partial charge in [-0.15, -0.1) is 0 Å². The van der Waals surface area contributed by atoms with Gasteiger partial charge in [-0.1, -0.05) is 11.6 Å². The minimum absolute atomic E-state index is 0.00750. The van der Waals surface area contributed by atoms with E-state index < -0.39 is 5.82 Å². The Morgan fingerprint density at radius 2 is 1.96 bits per heavy atom. The van der Waals surface area contributed by atoms with Crippen molar-refractivity contribution < 1.29 is 9.18 Å². The summed E-state index contributed by atoms with van der Waals surface area (Å²) >= 11 is 5.79. The Kier molecular flexibility index (Phi) is 4.72. The Morgan fingerprint density at radius 1 is 1.15 bits per heavy atom. The van der Waals surface area contributed by atoms with Crippen molar-refractivity contribution in [3.8, 4) is 0 Å². The fourth-order valence-electron chi connectivity index (χ4n) is 3.58. The molecule has 1 fully saturated rings. The molecule has 0 bridgehead atoms. The van der Waals surface area contributed by atoms with E-state index in [1.807, 2.05) is 10.9 Å². The van der Waals surface area contributed by atoms with Crippen LogP contribution in [-0.4, -0.2) is 40.3 Å². The number of hydrogen-bond acceptors (Lipinski definition) is 3. The van der Waals surface area contributed by atoms with Crippen LogP contribution >= 0.6 is 11.6 Å². The number of aromatic nitrogens is 2. The van der Waals surface area contributed by atoms with Crippen molar-refractivity contribution in [3.05, 3.63) is 40.9 Å². The second-order valence-corrected chi connectivity index (χ2v) is 7.14. The average Bonchev–Trinajstić information content (AvgIpc) is 3.08. The maximum absolute atomic E-state index is 13.3. The second-order valence-electron chi connectivity index (χ2n) is 6.73. The van der Waals surface area contributed by atoms with Gasteiger partial charge in [-0.05, 0) is 37.5 Å². The van der Waals surface area contributed by atoms with Crippen LogP contribution in [0.15, 0.2) is 24.4 Å². The van der Waals surface area contributed by atoms with Gasteiger partial charge in [0.1, 0.15) is 5.82 Å². The number of urea groups is 1. The molecule has 8 heteroatoms. The van der Waals surface area contributed by atoms with E-state index in [1.165, 1.54) is 37.5 Å². The lowest BCUT2D eigenvalue weighted by Crippen LogP contribution is -2.41. The smallest absolute Gasteiger partial charge is 0.322 e. The van der Waals surface area contributed by atoms with E-state index in [0.29, 0.717) is 25.3 Å². The van der Waals surface area contributed by atoms with E-state index in [-0.39, 0.29) is 11.1 Å². The van der Waals surface area contributed by atoms with Crippen molar-refractivity contribution in [2.75, 3.05) is 29.9 Å². The molecular weight excluding hydrogens is 357 g/mol. The van der Waals surface area contributed by atoms with Gasteiger partial charge in [0, 0.05) is 25.3 Å². The monoisotopic (exact) mass is 377 g/mol. The number of rotatable bonds is 2. The lowest BCUT2D eigenvalue weighted by molar-refractivity contribution is 0.194. The van der Waals surface area contributed by atoms with Crippen molar-refractivity contribution in [1.29, 1.82) is 0 Å². The third-order valence-electron chi connectivity index (χ3n) is 5.00. The van der Waals surface area contributed by atoms with Crippen LogP contribution in [-0.2, 0) is 13.1 Å². The molecule has 26 heavy (non-hydrogen) atoms. The summed E-state index contributed by atoms with van der Waals surface area (Å²) in [6, 6.07) is 3.96. The number of carbonyl (C=O) groups is 1. The topological polar surface area (TPSA) is 53.4 Å². The van der Waals surface area contributed by atoms with Crippen LogP contribution in [0.3, 0.4) is 0 Å². The second kappa shape index (κ2) is 7.15. The molecule has 3 heterocycles. The molecule has 0 saturated carbocycles. The number of anilines is 2. The number of benzene rings is 1. The van der Waals surface area contributed by atoms with E-state index in [4.69, 9.17) is 11.6 Å². The zero-order chi connectivity index (χ0) is 18.1. The Balaban J connectivity index is 1.47. The van der Waals surface area contributed by atoms with Gasteiger partial charge in [0.25, 0.3) is 0 Å². The van der Waals surface area contributed by atoms with E-state index >= 15 is 0 Å². The van der Waals surface area contributed by atoms with E-state index in [1.54, 1.807) is 4.90 Å². The number of halogens is 2. The first-order valence-corrected chi connectivity index (χ1v) is 9.30. The molecule has 0 atom stereocenters. The Hall–Kier alpha value is -2.28. The highest BCUT2D eigenvalue weighted by Crippen LogP contribution is 2.28. The number of hydrogen-bond donors (Lipinski definition) is 1. The predicted octanol–water partition coefficient (Wildman–Crippen LogP) is 3.71. The third kappa shape index (κ3) is 3.35.